The second kappa shape index (κ2) is 5.33. The first-order valence-corrected chi connectivity index (χ1v) is 6.83. The molecule has 1 amide bonds. The SMILES string of the molecule is Cc1cc(C(=O)N2CCCNc3ccccc32)ccn1. The van der Waals surface area contributed by atoms with Crippen molar-refractivity contribution in [1.82, 2.24) is 4.98 Å². The van der Waals surface area contributed by atoms with Gasteiger partial charge >= 0.3 is 0 Å². The van der Waals surface area contributed by atoms with Crippen LogP contribution in [0.15, 0.2) is 42.6 Å². The van der Waals surface area contributed by atoms with Crippen LogP contribution < -0.4 is 10.2 Å². The van der Waals surface area contributed by atoms with Crippen LogP contribution in [0.2, 0.25) is 0 Å². The number of aryl methyl sites for hydroxylation is 1. The second-order valence-corrected chi connectivity index (χ2v) is 4.94. The first-order chi connectivity index (χ1) is 9.75. The highest BCUT2D eigenvalue weighted by molar-refractivity contribution is 6.07. The third-order valence-corrected chi connectivity index (χ3v) is 3.46. The molecule has 0 saturated carbocycles. The summed E-state index contributed by atoms with van der Waals surface area (Å²) in [5, 5.41) is 3.37. The Morgan fingerprint density at radius 2 is 2.15 bits per heavy atom. The molecule has 4 nitrogen and oxygen atoms in total. The summed E-state index contributed by atoms with van der Waals surface area (Å²) >= 11 is 0. The monoisotopic (exact) mass is 267 g/mol. The molecular formula is C16H17N3O. The van der Waals surface area contributed by atoms with E-state index in [4.69, 9.17) is 0 Å². The molecule has 0 fully saturated rings. The number of hydrogen-bond acceptors (Lipinski definition) is 3. The van der Waals surface area contributed by atoms with Crippen LogP contribution in [0, 0.1) is 6.92 Å². The van der Waals surface area contributed by atoms with E-state index in [2.05, 4.69) is 10.3 Å². The fourth-order valence-electron chi connectivity index (χ4n) is 2.48. The lowest BCUT2D eigenvalue weighted by Crippen LogP contribution is -2.31. The molecular weight excluding hydrogens is 250 g/mol. The normalized spacial score (nSPS) is 14.2. The van der Waals surface area contributed by atoms with Crippen LogP contribution >= 0.6 is 0 Å². The molecule has 1 aromatic heterocycles. The Balaban J connectivity index is 1.99. The van der Waals surface area contributed by atoms with Gasteiger partial charge in [0.05, 0.1) is 11.4 Å². The van der Waals surface area contributed by atoms with Crippen molar-refractivity contribution >= 4 is 17.3 Å². The van der Waals surface area contributed by atoms with Gasteiger partial charge in [-0.1, -0.05) is 12.1 Å². The van der Waals surface area contributed by atoms with Crippen LogP contribution in [0.3, 0.4) is 0 Å². The standard InChI is InChI=1S/C16H17N3O/c1-12-11-13(7-9-17-12)16(20)19-10-4-8-18-14-5-2-3-6-15(14)19/h2-3,5-7,9,11,18H,4,8,10H2,1H3. The minimum Gasteiger partial charge on any atom is -0.383 e. The van der Waals surface area contributed by atoms with Crippen LogP contribution in [0.25, 0.3) is 0 Å². The fourth-order valence-corrected chi connectivity index (χ4v) is 2.48. The molecule has 1 aliphatic rings. The molecule has 0 saturated heterocycles. The summed E-state index contributed by atoms with van der Waals surface area (Å²) in [6, 6.07) is 11.6. The molecule has 0 aliphatic carbocycles. The number of pyridine rings is 1. The van der Waals surface area contributed by atoms with Crippen LogP contribution in [0.4, 0.5) is 11.4 Å². The molecule has 20 heavy (non-hydrogen) atoms. The summed E-state index contributed by atoms with van der Waals surface area (Å²) in [6.07, 6.45) is 2.62. The maximum absolute atomic E-state index is 12.7. The van der Waals surface area contributed by atoms with Crippen LogP contribution in [-0.2, 0) is 0 Å². The molecule has 4 heteroatoms. The van der Waals surface area contributed by atoms with E-state index in [1.54, 1.807) is 12.3 Å². The molecule has 0 bridgehead atoms. The van der Waals surface area contributed by atoms with Crippen molar-refractivity contribution in [1.29, 1.82) is 0 Å². The number of aromatic nitrogens is 1. The van der Waals surface area contributed by atoms with Gasteiger partial charge < -0.3 is 10.2 Å². The van der Waals surface area contributed by atoms with Crippen LogP contribution in [-0.4, -0.2) is 24.0 Å². The lowest BCUT2D eigenvalue weighted by atomic mass is 10.1. The Hall–Kier alpha value is -2.36. The molecule has 2 aromatic rings. The molecule has 3 rings (SSSR count). The molecule has 0 spiro atoms. The largest absolute Gasteiger partial charge is 0.383 e. The summed E-state index contributed by atoms with van der Waals surface area (Å²) in [5.74, 6) is 0.0339. The van der Waals surface area contributed by atoms with E-state index in [-0.39, 0.29) is 5.91 Å². The van der Waals surface area contributed by atoms with E-state index in [9.17, 15) is 4.79 Å². The summed E-state index contributed by atoms with van der Waals surface area (Å²) in [7, 11) is 0. The Labute approximate surface area is 118 Å². The maximum atomic E-state index is 12.7. The fraction of sp³-hybridized carbons (Fsp3) is 0.250. The zero-order chi connectivity index (χ0) is 13.9. The highest BCUT2D eigenvalue weighted by atomic mass is 16.2. The molecule has 0 radical (unpaired) electrons. The minimum absolute atomic E-state index is 0.0339. The average molecular weight is 267 g/mol. The Morgan fingerprint density at radius 3 is 3.00 bits per heavy atom. The quantitative estimate of drug-likeness (QED) is 0.864. The summed E-state index contributed by atoms with van der Waals surface area (Å²) in [4.78, 5) is 18.7. The van der Waals surface area contributed by atoms with Gasteiger partial charge in [0.1, 0.15) is 0 Å². The van der Waals surface area contributed by atoms with Gasteiger partial charge in [-0.2, -0.15) is 0 Å². The van der Waals surface area contributed by atoms with Crippen molar-refractivity contribution in [2.45, 2.75) is 13.3 Å². The number of hydrogen-bond donors (Lipinski definition) is 1. The van der Waals surface area contributed by atoms with Gasteiger partial charge in [0.15, 0.2) is 0 Å². The number of carbonyl (C=O) groups is 1. The van der Waals surface area contributed by atoms with Gasteiger partial charge in [0.2, 0.25) is 0 Å². The molecule has 0 unspecified atom stereocenters. The Kier molecular flexibility index (Phi) is 3.37. The highest BCUT2D eigenvalue weighted by Gasteiger charge is 2.21. The number of nitrogens with zero attached hydrogens (tertiary/aromatic N) is 2. The predicted molar refractivity (Wildman–Crippen MR) is 80.2 cm³/mol. The first-order valence-electron chi connectivity index (χ1n) is 6.83. The predicted octanol–water partition coefficient (Wildman–Crippen LogP) is 2.85. The number of rotatable bonds is 1. The smallest absolute Gasteiger partial charge is 0.258 e. The molecule has 1 N–H and O–H groups in total. The van der Waals surface area contributed by atoms with Crippen molar-refractivity contribution in [2.24, 2.45) is 0 Å². The molecule has 102 valence electrons. The van der Waals surface area contributed by atoms with E-state index in [0.29, 0.717) is 5.56 Å². The van der Waals surface area contributed by atoms with Crippen LogP contribution in [0.5, 0.6) is 0 Å². The number of nitrogens with one attached hydrogen (secondary N) is 1. The van der Waals surface area contributed by atoms with E-state index in [1.807, 2.05) is 42.2 Å². The zero-order valence-corrected chi connectivity index (χ0v) is 11.5. The summed E-state index contributed by atoms with van der Waals surface area (Å²) in [6.45, 7) is 3.51. The third kappa shape index (κ3) is 2.37. The molecule has 1 aliphatic heterocycles. The third-order valence-electron chi connectivity index (χ3n) is 3.46. The Bertz CT molecular complexity index is 639. The van der Waals surface area contributed by atoms with E-state index in [1.165, 1.54) is 0 Å². The van der Waals surface area contributed by atoms with Gasteiger partial charge in [-0.3, -0.25) is 9.78 Å². The second-order valence-electron chi connectivity index (χ2n) is 4.94. The van der Waals surface area contributed by atoms with Gasteiger partial charge in [0, 0.05) is 30.5 Å². The van der Waals surface area contributed by atoms with Crippen molar-refractivity contribution in [3.8, 4) is 0 Å². The maximum Gasteiger partial charge on any atom is 0.258 e. The first kappa shape index (κ1) is 12.7. The number of benzene rings is 1. The van der Waals surface area contributed by atoms with E-state index in [0.717, 1.165) is 36.6 Å². The molecule has 0 atom stereocenters. The van der Waals surface area contributed by atoms with Crippen molar-refractivity contribution in [2.75, 3.05) is 23.3 Å². The van der Waals surface area contributed by atoms with Gasteiger partial charge in [-0.05, 0) is 37.6 Å². The number of amides is 1. The number of anilines is 2. The zero-order valence-electron chi connectivity index (χ0n) is 11.5. The lowest BCUT2D eigenvalue weighted by Gasteiger charge is -2.22. The Morgan fingerprint density at radius 1 is 1.30 bits per heavy atom. The molecule has 2 heterocycles. The minimum atomic E-state index is 0.0339. The highest BCUT2D eigenvalue weighted by Crippen LogP contribution is 2.29. The van der Waals surface area contributed by atoms with Gasteiger partial charge in [-0.25, -0.2) is 0 Å². The number of carbonyl (C=O) groups excluding carboxylic acids is 1. The van der Waals surface area contributed by atoms with E-state index >= 15 is 0 Å². The summed E-state index contributed by atoms with van der Waals surface area (Å²) < 4.78 is 0. The van der Waals surface area contributed by atoms with Crippen molar-refractivity contribution < 1.29 is 4.79 Å². The van der Waals surface area contributed by atoms with Gasteiger partial charge in [0.25, 0.3) is 5.91 Å². The number of para-hydroxylation sites is 2. The topological polar surface area (TPSA) is 45.2 Å². The molecule has 1 aromatic carbocycles. The van der Waals surface area contributed by atoms with Crippen molar-refractivity contribution in [3.63, 3.8) is 0 Å². The lowest BCUT2D eigenvalue weighted by molar-refractivity contribution is 0.0987. The summed E-state index contributed by atoms with van der Waals surface area (Å²) in [5.41, 5.74) is 3.51. The van der Waals surface area contributed by atoms with E-state index < -0.39 is 0 Å². The number of fused-ring (bicyclic) bond motifs is 1. The van der Waals surface area contributed by atoms with Crippen molar-refractivity contribution in [3.05, 3.63) is 53.9 Å². The average Bonchev–Trinajstić information content (AvgIpc) is 2.69. The van der Waals surface area contributed by atoms with Gasteiger partial charge in [-0.15, -0.1) is 0 Å². The van der Waals surface area contributed by atoms with Crippen LogP contribution in [0.1, 0.15) is 22.5 Å².